The van der Waals surface area contributed by atoms with Crippen molar-refractivity contribution in [1.29, 1.82) is 0 Å². The van der Waals surface area contributed by atoms with E-state index in [0.29, 0.717) is 11.3 Å². The van der Waals surface area contributed by atoms with E-state index in [9.17, 15) is 23.2 Å². The first-order chi connectivity index (χ1) is 21.1. The van der Waals surface area contributed by atoms with Crippen molar-refractivity contribution >= 4 is 23.6 Å². The summed E-state index contributed by atoms with van der Waals surface area (Å²) in [7, 11) is 0. The molecule has 0 radical (unpaired) electrons. The summed E-state index contributed by atoms with van der Waals surface area (Å²) in [6.45, 7) is 7.91. The van der Waals surface area contributed by atoms with Gasteiger partial charge in [0.1, 0.15) is 17.7 Å². The van der Waals surface area contributed by atoms with Gasteiger partial charge in [0, 0.05) is 36.1 Å². The average Bonchev–Trinajstić information content (AvgIpc) is 3.38. The summed E-state index contributed by atoms with van der Waals surface area (Å²) in [4.78, 5) is 49.1. The third-order valence-electron chi connectivity index (χ3n) is 8.18. The molecule has 0 bridgehead atoms. The van der Waals surface area contributed by atoms with E-state index in [1.807, 2.05) is 12.1 Å². The highest BCUT2D eigenvalue weighted by Crippen LogP contribution is 2.35. The van der Waals surface area contributed by atoms with Crippen LogP contribution in [0.1, 0.15) is 97.2 Å². The van der Waals surface area contributed by atoms with Gasteiger partial charge in [0.25, 0.3) is 5.91 Å². The Balaban J connectivity index is 1.81. The van der Waals surface area contributed by atoms with E-state index in [1.165, 1.54) is 11.1 Å². The van der Waals surface area contributed by atoms with Crippen molar-refractivity contribution in [3.8, 4) is 0 Å². The van der Waals surface area contributed by atoms with Crippen molar-refractivity contribution in [3.05, 3.63) is 59.9 Å². The van der Waals surface area contributed by atoms with E-state index in [1.54, 1.807) is 51.2 Å². The van der Waals surface area contributed by atoms with Gasteiger partial charge in [0.05, 0.1) is 12.6 Å². The second kappa shape index (κ2) is 14.2. The average molecular weight is 629 g/mol. The second-order valence-corrected chi connectivity index (χ2v) is 13.9. The predicted octanol–water partition coefficient (Wildman–Crippen LogP) is 6.52. The van der Waals surface area contributed by atoms with Crippen molar-refractivity contribution in [2.45, 2.75) is 122 Å². The van der Waals surface area contributed by atoms with Crippen LogP contribution in [-0.2, 0) is 24.5 Å². The van der Waals surface area contributed by atoms with Crippen molar-refractivity contribution in [3.63, 3.8) is 0 Å². The molecule has 1 aliphatic heterocycles. The molecule has 2 aromatic rings. The third-order valence-corrected chi connectivity index (χ3v) is 8.18. The summed E-state index contributed by atoms with van der Waals surface area (Å²) in [6, 6.07) is 8.35. The molecule has 0 spiro atoms. The highest BCUT2D eigenvalue weighted by Gasteiger charge is 2.47. The number of hydrogen-bond donors (Lipinski definition) is 1. The first-order valence-corrected chi connectivity index (χ1v) is 15.7. The normalized spacial score (nSPS) is 20.2. The molecule has 1 aromatic heterocycles. The smallest absolute Gasteiger partial charge is 0.411 e. The number of amides is 3. The van der Waals surface area contributed by atoms with Gasteiger partial charge < -0.3 is 14.8 Å². The number of aromatic nitrogens is 1. The summed E-state index contributed by atoms with van der Waals surface area (Å²) < 4.78 is 37.0. The molecule has 1 N–H and O–H groups in total. The van der Waals surface area contributed by atoms with Crippen molar-refractivity contribution in [2.24, 2.45) is 0 Å². The molecule has 1 saturated carbocycles. The molecule has 1 aliphatic carbocycles. The van der Waals surface area contributed by atoms with Gasteiger partial charge in [0.2, 0.25) is 5.91 Å². The Hall–Kier alpha value is -3.60. The number of alkyl halides is 2. The Labute approximate surface area is 264 Å². The summed E-state index contributed by atoms with van der Waals surface area (Å²) in [5.74, 6) is -0.997. The molecule has 2 heterocycles. The van der Waals surface area contributed by atoms with Crippen molar-refractivity contribution in [2.75, 3.05) is 11.4 Å². The van der Waals surface area contributed by atoms with Crippen LogP contribution in [0.5, 0.6) is 0 Å². The lowest BCUT2D eigenvalue weighted by Gasteiger charge is -2.36. The largest absolute Gasteiger partial charge is 0.444 e. The number of nitrogens with zero attached hydrogens (tertiary/aromatic N) is 3. The Morgan fingerprint density at radius 1 is 1.00 bits per heavy atom. The van der Waals surface area contributed by atoms with Crippen LogP contribution >= 0.6 is 0 Å². The van der Waals surface area contributed by atoms with Crippen LogP contribution in [0.15, 0.2) is 48.8 Å². The Kier molecular flexibility index (Phi) is 10.8. The maximum atomic E-state index is 14.8. The fourth-order valence-electron chi connectivity index (χ4n) is 5.97. The summed E-state index contributed by atoms with van der Waals surface area (Å²) >= 11 is 0. The van der Waals surface area contributed by atoms with Gasteiger partial charge in [0.15, 0.2) is 0 Å². The van der Waals surface area contributed by atoms with E-state index < -0.39 is 42.4 Å². The predicted molar refractivity (Wildman–Crippen MR) is 167 cm³/mol. The molecule has 1 aromatic carbocycles. The number of ether oxygens (including phenoxy) is 2. The van der Waals surface area contributed by atoms with Gasteiger partial charge in [-0.3, -0.25) is 24.4 Å². The van der Waals surface area contributed by atoms with Gasteiger partial charge in [-0.2, -0.15) is 8.78 Å². The number of pyridine rings is 1. The van der Waals surface area contributed by atoms with Crippen LogP contribution in [0, 0.1) is 0 Å². The SMILES string of the molecule is CC(C)(C)OC(=O)N1C[C@@H](OC(F)F)C[C@@H]1C(=O)N(c1ccc(C(C)(C)C)cc1)C(C(=O)NC1CCCCC1)c1cccnc1. The van der Waals surface area contributed by atoms with Crippen LogP contribution in [0.2, 0.25) is 0 Å². The Morgan fingerprint density at radius 2 is 1.67 bits per heavy atom. The first-order valence-electron chi connectivity index (χ1n) is 15.7. The lowest BCUT2D eigenvalue weighted by atomic mass is 9.87. The zero-order valence-corrected chi connectivity index (χ0v) is 27.1. The molecule has 1 unspecified atom stereocenters. The number of hydrogen-bond acceptors (Lipinski definition) is 6. The zero-order valence-electron chi connectivity index (χ0n) is 27.1. The monoisotopic (exact) mass is 628 g/mol. The van der Waals surface area contributed by atoms with E-state index in [-0.39, 0.29) is 30.3 Å². The number of carbonyl (C=O) groups excluding carboxylic acids is 3. The molecule has 4 rings (SSSR count). The quantitative estimate of drug-likeness (QED) is 0.357. The van der Waals surface area contributed by atoms with E-state index in [4.69, 9.17) is 9.47 Å². The number of benzene rings is 1. The fourth-order valence-corrected chi connectivity index (χ4v) is 5.97. The molecule has 3 amide bonds. The number of halogens is 2. The standard InChI is InChI=1S/C34H46F2N4O5/c1-33(2,3)23-14-16-25(17-15-23)40(28(22-11-10-18-37-20-22)29(41)38-24-12-8-7-9-13-24)30(42)27-19-26(44-31(35)36)21-39(27)32(43)45-34(4,5)6/h10-11,14-18,20,24,26-28,31H,7-9,12-13,19,21H2,1-6H3,(H,38,41)/t26-,27+,28?/m0/s1. The molecule has 9 nitrogen and oxygen atoms in total. The van der Waals surface area contributed by atoms with Crippen LogP contribution < -0.4 is 10.2 Å². The molecule has 11 heteroatoms. The number of anilines is 1. The highest BCUT2D eigenvalue weighted by atomic mass is 19.3. The lowest BCUT2D eigenvalue weighted by molar-refractivity contribution is -0.159. The van der Waals surface area contributed by atoms with Gasteiger partial charge in [-0.25, -0.2) is 4.79 Å². The number of carbonyl (C=O) groups is 3. The molecule has 45 heavy (non-hydrogen) atoms. The number of rotatable bonds is 8. The van der Waals surface area contributed by atoms with Gasteiger partial charge in [-0.15, -0.1) is 0 Å². The summed E-state index contributed by atoms with van der Waals surface area (Å²) in [5.41, 5.74) is 0.842. The molecular formula is C34H46F2N4O5. The first kappa shape index (κ1) is 34.3. The maximum Gasteiger partial charge on any atom is 0.411 e. The third kappa shape index (κ3) is 8.99. The fraction of sp³-hybridized carbons (Fsp3) is 0.588. The molecule has 1 saturated heterocycles. The number of likely N-dealkylation sites (tertiary alicyclic amines) is 1. The molecular weight excluding hydrogens is 582 g/mol. The van der Waals surface area contributed by atoms with Crippen LogP contribution in [0.4, 0.5) is 19.3 Å². The van der Waals surface area contributed by atoms with E-state index in [0.717, 1.165) is 42.6 Å². The topological polar surface area (TPSA) is 101 Å². The molecule has 2 fully saturated rings. The Morgan fingerprint density at radius 3 is 2.22 bits per heavy atom. The maximum absolute atomic E-state index is 14.8. The van der Waals surface area contributed by atoms with Gasteiger partial charge >= 0.3 is 12.7 Å². The molecule has 2 aliphatic rings. The second-order valence-electron chi connectivity index (χ2n) is 13.9. The van der Waals surface area contributed by atoms with Crippen LogP contribution in [0.3, 0.4) is 0 Å². The number of nitrogens with one attached hydrogen (secondary N) is 1. The van der Waals surface area contributed by atoms with Crippen molar-refractivity contribution < 1.29 is 32.6 Å². The van der Waals surface area contributed by atoms with Crippen LogP contribution in [-0.4, -0.2) is 64.7 Å². The molecule has 246 valence electrons. The van der Waals surface area contributed by atoms with Gasteiger partial charge in [-0.1, -0.05) is 58.2 Å². The summed E-state index contributed by atoms with van der Waals surface area (Å²) in [5, 5.41) is 3.16. The zero-order chi connectivity index (χ0) is 32.9. The molecule has 3 atom stereocenters. The minimum absolute atomic E-state index is 0.0424. The Bertz CT molecular complexity index is 1300. The minimum atomic E-state index is -3.09. The lowest BCUT2D eigenvalue weighted by Crippen LogP contribution is -2.53. The van der Waals surface area contributed by atoms with E-state index >= 15 is 0 Å². The van der Waals surface area contributed by atoms with Crippen LogP contribution in [0.25, 0.3) is 0 Å². The highest BCUT2D eigenvalue weighted by molar-refractivity contribution is 6.05. The van der Waals surface area contributed by atoms with E-state index in [2.05, 4.69) is 31.1 Å². The summed E-state index contributed by atoms with van der Waals surface area (Å²) in [6.07, 6.45) is 5.77. The van der Waals surface area contributed by atoms with Gasteiger partial charge in [-0.05, 0) is 62.8 Å². The minimum Gasteiger partial charge on any atom is -0.444 e. The van der Waals surface area contributed by atoms with Crippen molar-refractivity contribution in [1.82, 2.24) is 15.2 Å².